The lowest BCUT2D eigenvalue weighted by Crippen LogP contribution is -2.16. The van der Waals surface area contributed by atoms with Gasteiger partial charge in [0.05, 0.1) is 11.7 Å². The molecule has 0 spiro atoms. The van der Waals surface area contributed by atoms with Crippen molar-refractivity contribution in [3.05, 3.63) is 29.3 Å². The Morgan fingerprint density at radius 2 is 2.05 bits per heavy atom. The van der Waals surface area contributed by atoms with Crippen molar-refractivity contribution >= 4 is 11.7 Å². The molecule has 3 nitrogen and oxygen atoms in total. The van der Waals surface area contributed by atoms with E-state index in [1.165, 1.54) is 19.3 Å². The van der Waals surface area contributed by atoms with E-state index in [0.717, 1.165) is 18.4 Å². The summed E-state index contributed by atoms with van der Waals surface area (Å²) in [5.41, 5.74) is 7.80. The molecule has 0 saturated heterocycles. The summed E-state index contributed by atoms with van der Waals surface area (Å²) in [4.78, 5) is 12.0. The quantitative estimate of drug-likeness (QED) is 0.458. The fraction of sp³-hybridized carbons (Fsp3) is 0.562. The number of carbonyl (C=O) groups is 1. The smallest absolute Gasteiger partial charge is 0.340 e. The monoisotopic (exact) mass is 263 g/mol. The molecular formula is C16H25NO2. The molecule has 0 aliphatic carbocycles. The van der Waals surface area contributed by atoms with E-state index < -0.39 is 0 Å². The molecule has 0 radical (unpaired) electrons. The van der Waals surface area contributed by atoms with E-state index in [9.17, 15) is 4.79 Å². The average Bonchev–Trinajstić information content (AvgIpc) is 2.38. The number of nitrogen functional groups attached to an aromatic ring is 1. The highest BCUT2D eigenvalue weighted by atomic mass is 16.5. The Balaban J connectivity index is 2.48. The van der Waals surface area contributed by atoms with Crippen LogP contribution in [0.15, 0.2) is 18.2 Å². The van der Waals surface area contributed by atoms with Crippen LogP contribution in [0.2, 0.25) is 0 Å². The van der Waals surface area contributed by atoms with Gasteiger partial charge >= 0.3 is 5.97 Å². The summed E-state index contributed by atoms with van der Waals surface area (Å²) < 4.78 is 5.43. The first-order valence-corrected chi connectivity index (χ1v) is 7.12. The summed E-state index contributed by atoms with van der Waals surface area (Å²) >= 11 is 0. The van der Waals surface area contributed by atoms with Crippen LogP contribution in [0.25, 0.3) is 0 Å². The number of anilines is 1. The van der Waals surface area contributed by atoms with Crippen LogP contribution in [-0.2, 0) is 4.74 Å². The lowest BCUT2D eigenvalue weighted by molar-refractivity contribution is 0.0320. The second-order valence-corrected chi connectivity index (χ2v) is 5.10. The Morgan fingerprint density at radius 3 is 2.74 bits per heavy atom. The highest BCUT2D eigenvalue weighted by molar-refractivity contribution is 5.95. The van der Waals surface area contributed by atoms with E-state index in [1.807, 2.05) is 26.0 Å². The maximum atomic E-state index is 12.0. The van der Waals surface area contributed by atoms with Crippen molar-refractivity contribution in [3.63, 3.8) is 0 Å². The number of unbranched alkanes of at least 4 members (excludes halogenated alkanes) is 3. The number of hydrogen-bond donors (Lipinski definition) is 1. The molecule has 0 aliphatic heterocycles. The molecule has 1 aromatic carbocycles. The van der Waals surface area contributed by atoms with Gasteiger partial charge in [0.25, 0.3) is 0 Å². The number of esters is 1. The van der Waals surface area contributed by atoms with Crippen molar-refractivity contribution in [3.8, 4) is 0 Å². The molecule has 0 aromatic heterocycles. The minimum atomic E-state index is -0.316. The first-order valence-electron chi connectivity index (χ1n) is 7.12. The van der Waals surface area contributed by atoms with Crippen LogP contribution in [0.5, 0.6) is 0 Å². The number of ether oxygens (including phenoxy) is 1. The molecule has 2 N–H and O–H groups in total. The zero-order chi connectivity index (χ0) is 14.3. The molecule has 0 bridgehead atoms. The van der Waals surface area contributed by atoms with E-state index in [4.69, 9.17) is 10.5 Å². The van der Waals surface area contributed by atoms with Crippen LogP contribution in [0.1, 0.15) is 61.9 Å². The molecule has 3 heteroatoms. The second kappa shape index (κ2) is 7.82. The van der Waals surface area contributed by atoms with E-state index >= 15 is 0 Å². The number of carbonyl (C=O) groups excluding carboxylic acids is 1. The van der Waals surface area contributed by atoms with Crippen LogP contribution in [0.3, 0.4) is 0 Å². The van der Waals surface area contributed by atoms with Crippen molar-refractivity contribution in [2.45, 2.75) is 59.0 Å². The van der Waals surface area contributed by atoms with Gasteiger partial charge in [0.1, 0.15) is 0 Å². The third-order valence-corrected chi connectivity index (χ3v) is 3.32. The molecule has 1 rings (SSSR count). The highest BCUT2D eigenvalue weighted by Gasteiger charge is 2.15. The molecule has 0 amide bonds. The van der Waals surface area contributed by atoms with Crippen LogP contribution in [0, 0.1) is 6.92 Å². The Morgan fingerprint density at radius 1 is 1.32 bits per heavy atom. The predicted molar refractivity (Wildman–Crippen MR) is 79.2 cm³/mol. The first-order chi connectivity index (χ1) is 9.06. The minimum Gasteiger partial charge on any atom is -0.459 e. The standard InChI is InChI=1S/C16H25NO2/c1-4-5-6-7-10-13(3)19-16(18)14-11-8-9-12(2)15(14)17/h8-9,11,13H,4-7,10,17H2,1-3H3. The maximum Gasteiger partial charge on any atom is 0.340 e. The van der Waals surface area contributed by atoms with Crippen molar-refractivity contribution in [2.75, 3.05) is 5.73 Å². The van der Waals surface area contributed by atoms with E-state index in [0.29, 0.717) is 11.3 Å². The minimum absolute atomic E-state index is 0.0516. The molecule has 1 atom stereocenters. The number of rotatable bonds is 7. The van der Waals surface area contributed by atoms with Crippen molar-refractivity contribution in [1.29, 1.82) is 0 Å². The molecule has 0 saturated carbocycles. The Labute approximate surface area is 116 Å². The van der Waals surface area contributed by atoms with E-state index in [2.05, 4.69) is 6.92 Å². The van der Waals surface area contributed by atoms with E-state index in [-0.39, 0.29) is 12.1 Å². The molecule has 1 unspecified atom stereocenters. The molecule has 0 fully saturated rings. The topological polar surface area (TPSA) is 52.3 Å². The molecule has 0 aliphatic rings. The van der Waals surface area contributed by atoms with Crippen molar-refractivity contribution < 1.29 is 9.53 Å². The first kappa shape index (κ1) is 15.5. The fourth-order valence-electron chi connectivity index (χ4n) is 2.02. The van der Waals surface area contributed by atoms with Crippen LogP contribution >= 0.6 is 0 Å². The molecule has 19 heavy (non-hydrogen) atoms. The van der Waals surface area contributed by atoms with Gasteiger partial charge in [-0.05, 0) is 38.3 Å². The summed E-state index contributed by atoms with van der Waals surface area (Å²) in [6.07, 6.45) is 5.62. The third-order valence-electron chi connectivity index (χ3n) is 3.32. The van der Waals surface area contributed by atoms with Gasteiger partial charge in [-0.2, -0.15) is 0 Å². The number of nitrogens with two attached hydrogens (primary N) is 1. The normalized spacial score (nSPS) is 12.2. The zero-order valence-electron chi connectivity index (χ0n) is 12.2. The SMILES string of the molecule is CCCCCCC(C)OC(=O)c1cccc(C)c1N. The maximum absolute atomic E-state index is 12.0. The van der Waals surface area contributed by atoms with Crippen LogP contribution in [-0.4, -0.2) is 12.1 Å². The van der Waals surface area contributed by atoms with Gasteiger partial charge in [-0.15, -0.1) is 0 Å². The molecule has 106 valence electrons. The van der Waals surface area contributed by atoms with Gasteiger partial charge in [-0.3, -0.25) is 0 Å². The highest BCUT2D eigenvalue weighted by Crippen LogP contribution is 2.19. The Hall–Kier alpha value is -1.51. The van der Waals surface area contributed by atoms with Gasteiger partial charge in [0.2, 0.25) is 0 Å². The summed E-state index contributed by atoms with van der Waals surface area (Å²) in [6, 6.07) is 5.43. The summed E-state index contributed by atoms with van der Waals surface area (Å²) in [7, 11) is 0. The summed E-state index contributed by atoms with van der Waals surface area (Å²) in [5.74, 6) is -0.316. The predicted octanol–water partition coefficient (Wildman–Crippen LogP) is 4.09. The van der Waals surface area contributed by atoms with Gasteiger partial charge in [-0.1, -0.05) is 38.3 Å². The van der Waals surface area contributed by atoms with Gasteiger partial charge in [0.15, 0.2) is 0 Å². The number of benzene rings is 1. The number of hydrogen-bond acceptors (Lipinski definition) is 3. The van der Waals surface area contributed by atoms with Gasteiger partial charge in [0, 0.05) is 5.69 Å². The number of para-hydroxylation sites is 1. The molecule has 1 aromatic rings. The summed E-state index contributed by atoms with van der Waals surface area (Å²) in [5, 5.41) is 0. The third kappa shape index (κ3) is 4.93. The zero-order valence-corrected chi connectivity index (χ0v) is 12.2. The largest absolute Gasteiger partial charge is 0.459 e. The van der Waals surface area contributed by atoms with Crippen molar-refractivity contribution in [1.82, 2.24) is 0 Å². The Kier molecular flexibility index (Phi) is 6.40. The molecular weight excluding hydrogens is 238 g/mol. The lowest BCUT2D eigenvalue weighted by Gasteiger charge is -2.14. The second-order valence-electron chi connectivity index (χ2n) is 5.10. The van der Waals surface area contributed by atoms with Gasteiger partial charge < -0.3 is 10.5 Å². The summed E-state index contributed by atoms with van der Waals surface area (Å²) in [6.45, 7) is 6.01. The number of aryl methyl sites for hydroxylation is 1. The van der Waals surface area contributed by atoms with E-state index in [1.54, 1.807) is 6.07 Å². The fourth-order valence-corrected chi connectivity index (χ4v) is 2.02. The van der Waals surface area contributed by atoms with Crippen LogP contribution in [0.4, 0.5) is 5.69 Å². The van der Waals surface area contributed by atoms with Gasteiger partial charge in [-0.25, -0.2) is 4.79 Å². The van der Waals surface area contributed by atoms with Crippen LogP contribution < -0.4 is 5.73 Å². The van der Waals surface area contributed by atoms with Crippen molar-refractivity contribution in [2.24, 2.45) is 0 Å². The molecule has 0 heterocycles. The average molecular weight is 263 g/mol. The lowest BCUT2D eigenvalue weighted by atomic mass is 10.1. The Bertz CT molecular complexity index is 415.